The van der Waals surface area contributed by atoms with Gasteiger partial charge in [-0.15, -0.1) is 0 Å². The van der Waals surface area contributed by atoms with Crippen molar-refractivity contribution in [2.24, 2.45) is 0 Å². The maximum Gasteiger partial charge on any atom is 0.351 e. The molecule has 0 radical (unpaired) electrons. The van der Waals surface area contributed by atoms with Gasteiger partial charge >= 0.3 is 11.6 Å². The standard InChI is InChI=1S/C14H14O6S/c15-10(3-4-21)12(16)7-1-2-11-8(5-7)6-9(13(17)18)14(19)20-11/h1-2,5-6,10,12,15-16,21H,3-4H2,(H,17,18). The second-order valence-corrected chi connectivity index (χ2v) is 5.02. The molecule has 21 heavy (non-hydrogen) atoms. The molecule has 0 aliphatic rings. The second kappa shape index (κ2) is 6.30. The van der Waals surface area contributed by atoms with Crippen molar-refractivity contribution in [2.45, 2.75) is 18.6 Å². The Morgan fingerprint density at radius 3 is 2.62 bits per heavy atom. The van der Waals surface area contributed by atoms with E-state index in [1.54, 1.807) is 0 Å². The molecular weight excluding hydrogens is 296 g/mol. The molecule has 1 aromatic heterocycles. The summed E-state index contributed by atoms with van der Waals surface area (Å²) in [6, 6.07) is 5.63. The molecule has 0 aliphatic heterocycles. The Kier molecular flexibility index (Phi) is 4.66. The number of aliphatic hydroxyl groups excluding tert-OH is 2. The molecule has 2 atom stereocenters. The number of aliphatic hydroxyl groups is 2. The number of carbonyl (C=O) groups is 1. The maximum atomic E-state index is 11.4. The van der Waals surface area contributed by atoms with E-state index in [4.69, 9.17) is 9.52 Å². The number of fused-ring (bicyclic) bond motifs is 1. The third kappa shape index (κ3) is 3.26. The second-order valence-electron chi connectivity index (χ2n) is 4.57. The number of carboxylic acid groups (broad SMARTS) is 1. The average Bonchev–Trinajstić information content (AvgIpc) is 2.45. The van der Waals surface area contributed by atoms with Gasteiger partial charge in [0.25, 0.3) is 0 Å². The van der Waals surface area contributed by atoms with E-state index in [0.29, 0.717) is 23.1 Å². The molecule has 2 rings (SSSR count). The Hall–Kier alpha value is -1.83. The summed E-state index contributed by atoms with van der Waals surface area (Å²) in [5.41, 5.74) is -0.796. The van der Waals surface area contributed by atoms with Crippen LogP contribution in [0.25, 0.3) is 11.0 Å². The lowest BCUT2D eigenvalue weighted by Crippen LogP contribution is -2.18. The summed E-state index contributed by atoms with van der Waals surface area (Å²) in [4.78, 5) is 22.4. The Bertz CT molecular complexity index is 723. The van der Waals surface area contributed by atoms with Gasteiger partial charge in [-0.25, -0.2) is 9.59 Å². The fourth-order valence-electron chi connectivity index (χ4n) is 1.99. The molecule has 3 N–H and O–H groups in total. The van der Waals surface area contributed by atoms with Crippen LogP contribution in [0, 0.1) is 0 Å². The van der Waals surface area contributed by atoms with Crippen LogP contribution in [0.5, 0.6) is 0 Å². The molecule has 1 aromatic carbocycles. The minimum atomic E-state index is -1.38. The molecule has 2 unspecified atom stereocenters. The van der Waals surface area contributed by atoms with Crippen molar-refractivity contribution in [3.63, 3.8) is 0 Å². The highest BCUT2D eigenvalue weighted by Gasteiger charge is 2.19. The SMILES string of the molecule is O=C(O)c1cc2cc(C(O)C(O)CCS)ccc2oc1=O. The Morgan fingerprint density at radius 2 is 2.00 bits per heavy atom. The number of benzene rings is 1. The number of hydrogen-bond acceptors (Lipinski definition) is 6. The Morgan fingerprint density at radius 1 is 1.29 bits per heavy atom. The van der Waals surface area contributed by atoms with Gasteiger partial charge in [0.1, 0.15) is 17.3 Å². The first-order valence-electron chi connectivity index (χ1n) is 6.22. The van der Waals surface area contributed by atoms with Crippen LogP contribution in [-0.2, 0) is 0 Å². The van der Waals surface area contributed by atoms with Crippen molar-refractivity contribution in [2.75, 3.05) is 5.75 Å². The first-order valence-corrected chi connectivity index (χ1v) is 6.85. The zero-order chi connectivity index (χ0) is 15.6. The summed E-state index contributed by atoms with van der Waals surface area (Å²) in [6.45, 7) is 0. The van der Waals surface area contributed by atoms with E-state index >= 15 is 0 Å². The van der Waals surface area contributed by atoms with Crippen molar-refractivity contribution in [1.29, 1.82) is 0 Å². The van der Waals surface area contributed by atoms with Crippen LogP contribution in [0.15, 0.2) is 33.5 Å². The van der Waals surface area contributed by atoms with Crippen LogP contribution in [0.1, 0.15) is 28.4 Å². The van der Waals surface area contributed by atoms with Gasteiger partial charge in [0.05, 0.1) is 6.10 Å². The van der Waals surface area contributed by atoms with Gasteiger partial charge < -0.3 is 19.7 Å². The zero-order valence-electron chi connectivity index (χ0n) is 10.9. The van der Waals surface area contributed by atoms with Crippen LogP contribution < -0.4 is 5.63 Å². The number of aromatic carboxylic acids is 1. The normalized spacial score (nSPS) is 14.0. The minimum Gasteiger partial charge on any atom is -0.477 e. The van der Waals surface area contributed by atoms with Crippen LogP contribution in [0.2, 0.25) is 0 Å². The van der Waals surface area contributed by atoms with E-state index in [-0.39, 0.29) is 5.58 Å². The van der Waals surface area contributed by atoms with E-state index in [1.165, 1.54) is 24.3 Å². The molecule has 7 heteroatoms. The lowest BCUT2D eigenvalue weighted by Gasteiger charge is -2.17. The lowest BCUT2D eigenvalue weighted by molar-refractivity contribution is 0.0173. The van der Waals surface area contributed by atoms with Crippen LogP contribution in [0.4, 0.5) is 0 Å². The average molecular weight is 310 g/mol. The zero-order valence-corrected chi connectivity index (χ0v) is 11.8. The van der Waals surface area contributed by atoms with Gasteiger partial charge in [-0.3, -0.25) is 0 Å². The summed E-state index contributed by atoms with van der Waals surface area (Å²) in [6.07, 6.45) is -1.79. The van der Waals surface area contributed by atoms with Crippen molar-refractivity contribution < 1.29 is 24.5 Å². The largest absolute Gasteiger partial charge is 0.477 e. The van der Waals surface area contributed by atoms with Gasteiger partial charge in [-0.05, 0) is 35.9 Å². The maximum absolute atomic E-state index is 11.4. The highest BCUT2D eigenvalue weighted by atomic mass is 32.1. The van der Waals surface area contributed by atoms with Crippen molar-refractivity contribution >= 4 is 29.6 Å². The molecule has 0 amide bonds. The van der Waals surface area contributed by atoms with Gasteiger partial charge in [0.15, 0.2) is 0 Å². The lowest BCUT2D eigenvalue weighted by atomic mass is 10.0. The first-order chi connectivity index (χ1) is 9.93. The molecule has 6 nitrogen and oxygen atoms in total. The quantitative estimate of drug-likeness (QED) is 0.488. The Balaban J connectivity index is 2.47. The van der Waals surface area contributed by atoms with E-state index in [9.17, 15) is 19.8 Å². The van der Waals surface area contributed by atoms with Crippen LogP contribution >= 0.6 is 12.6 Å². The summed E-state index contributed by atoms with van der Waals surface area (Å²) in [5.74, 6) is -0.962. The van der Waals surface area contributed by atoms with Gasteiger partial charge in [-0.1, -0.05) is 6.07 Å². The summed E-state index contributed by atoms with van der Waals surface area (Å²) >= 11 is 3.99. The fraction of sp³-hybridized carbons (Fsp3) is 0.286. The minimum absolute atomic E-state index is 0.213. The number of rotatable bonds is 5. The van der Waals surface area contributed by atoms with Crippen molar-refractivity contribution in [3.8, 4) is 0 Å². The molecule has 0 saturated heterocycles. The van der Waals surface area contributed by atoms with Crippen molar-refractivity contribution in [1.82, 2.24) is 0 Å². The molecule has 1 heterocycles. The molecular formula is C14H14O6S. The molecule has 0 saturated carbocycles. The summed E-state index contributed by atoms with van der Waals surface area (Å²) in [7, 11) is 0. The topological polar surface area (TPSA) is 108 Å². The number of thiol groups is 1. The van der Waals surface area contributed by atoms with E-state index in [0.717, 1.165) is 0 Å². The molecule has 0 aliphatic carbocycles. The molecule has 2 aromatic rings. The highest BCUT2D eigenvalue weighted by molar-refractivity contribution is 7.80. The smallest absolute Gasteiger partial charge is 0.351 e. The van der Waals surface area contributed by atoms with Crippen molar-refractivity contribution in [3.05, 3.63) is 45.8 Å². The van der Waals surface area contributed by atoms with Gasteiger partial charge in [0.2, 0.25) is 0 Å². The summed E-state index contributed by atoms with van der Waals surface area (Å²) < 4.78 is 4.90. The van der Waals surface area contributed by atoms with E-state index in [2.05, 4.69) is 12.6 Å². The number of carboxylic acids is 1. The van der Waals surface area contributed by atoms with Gasteiger partial charge in [0, 0.05) is 5.39 Å². The molecule has 0 spiro atoms. The Labute approximate surface area is 125 Å². The predicted octanol–water partition coefficient (Wildman–Crippen LogP) is 1.21. The third-order valence-corrected chi connectivity index (χ3v) is 3.38. The summed E-state index contributed by atoms with van der Waals surface area (Å²) in [5, 5.41) is 29.1. The number of hydrogen-bond donors (Lipinski definition) is 4. The molecule has 0 fully saturated rings. The monoisotopic (exact) mass is 310 g/mol. The van der Waals surface area contributed by atoms with E-state index in [1.807, 2.05) is 0 Å². The van der Waals surface area contributed by atoms with E-state index < -0.39 is 29.4 Å². The third-order valence-electron chi connectivity index (χ3n) is 3.12. The predicted molar refractivity (Wildman–Crippen MR) is 78.9 cm³/mol. The molecule has 0 bridgehead atoms. The molecule has 112 valence electrons. The fourth-order valence-corrected chi connectivity index (χ4v) is 2.25. The van der Waals surface area contributed by atoms with Gasteiger partial charge in [-0.2, -0.15) is 12.6 Å². The van der Waals surface area contributed by atoms with Crippen LogP contribution in [-0.4, -0.2) is 33.1 Å². The van der Waals surface area contributed by atoms with Crippen LogP contribution in [0.3, 0.4) is 0 Å². The highest BCUT2D eigenvalue weighted by Crippen LogP contribution is 2.24. The first kappa shape index (κ1) is 15.6.